The molecule has 2 nitrogen and oxygen atoms in total. The standard InChI is InChI=1S/C14H25NOS/c1-3-16-12-9-11(14(12)5-4-6-14)15-10-13(17-2)7-8-13/h11-12,15H,3-10H2,1-2H3. The summed E-state index contributed by atoms with van der Waals surface area (Å²) >= 11 is 2.06. The fourth-order valence-corrected chi connectivity index (χ4v) is 4.36. The van der Waals surface area contributed by atoms with Gasteiger partial charge in [0.25, 0.3) is 0 Å². The van der Waals surface area contributed by atoms with Crippen LogP contribution in [0.2, 0.25) is 0 Å². The average Bonchev–Trinajstić information content (AvgIpc) is 3.01. The van der Waals surface area contributed by atoms with E-state index >= 15 is 0 Å². The molecule has 0 heterocycles. The lowest BCUT2D eigenvalue weighted by molar-refractivity contribution is -0.172. The Kier molecular flexibility index (Phi) is 3.21. The molecule has 1 spiro atoms. The Morgan fingerprint density at radius 2 is 2.06 bits per heavy atom. The number of rotatable bonds is 6. The van der Waals surface area contributed by atoms with Crippen molar-refractivity contribution in [1.29, 1.82) is 0 Å². The quantitative estimate of drug-likeness (QED) is 0.788. The lowest BCUT2D eigenvalue weighted by Gasteiger charge is -2.61. The molecule has 0 bridgehead atoms. The Morgan fingerprint density at radius 1 is 1.29 bits per heavy atom. The molecular weight excluding hydrogens is 230 g/mol. The van der Waals surface area contributed by atoms with Gasteiger partial charge in [-0.1, -0.05) is 6.42 Å². The highest BCUT2D eigenvalue weighted by Gasteiger charge is 2.59. The maximum atomic E-state index is 5.89. The third kappa shape index (κ3) is 1.95. The maximum Gasteiger partial charge on any atom is 0.0661 e. The topological polar surface area (TPSA) is 21.3 Å². The summed E-state index contributed by atoms with van der Waals surface area (Å²) in [5.41, 5.74) is 0.532. The van der Waals surface area contributed by atoms with E-state index in [0.29, 0.717) is 16.3 Å². The summed E-state index contributed by atoms with van der Waals surface area (Å²) in [7, 11) is 0. The number of nitrogens with one attached hydrogen (secondary N) is 1. The molecule has 0 amide bonds. The molecule has 3 fully saturated rings. The molecule has 0 aromatic carbocycles. The Hall–Kier alpha value is 0.270. The van der Waals surface area contributed by atoms with Gasteiger partial charge in [0, 0.05) is 29.4 Å². The predicted octanol–water partition coefficient (Wildman–Crippen LogP) is 2.82. The van der Waals surface area contributed by atoms with Crippen LogP contribution < -0.4 is 5.32 Å². The van der Waals surface area contributed by atoms with E-state index in [1.54, 1.807) is 0 Å². The van der Waals surface area contributed by atoms with Crippen molar-refractivity contribution in [2.24, 2.45) is 5.41 Å². The highest BCUT2D eigenvalue weighted by molar-refractivity contribution is 8.00. The molecule has 0 radical (unpaired) electrons. The smallest absolute Gasteiger partial charge is 0.0661 e. The molecule has 0 aromatic rings. The van der Waals surface area contributed by atoms with E-state index in [4.69, 9.17) is 4.74 Å². The van der Waals surface area contributed by atoms with Gasteiger partial charge in [0.05, 0.1) is 6.10 Å². The normalized spacial score (nSPS) is 36.4. The van der Waals surface area contributed by atoms with Gasteiger partial charge in [-0.3, -0.25) is 0 Å². The van der Waals surface area contributed by atoms with Gasteiger partial charge in [-0.2, -0.15) is 11.8 Å². The monoisotopic (exact) mass is 255 g/mol. The van der Waals surface area contributed by atoms with Crippen molar-refractivity contribution >= 4 is 11.8 Å². The number of ether oxygens (including phenoxy) is 1. The van der Waals surface area contributed by atoms with Crippen molar-refractivity contribution in [1.82, 2.24) is 5.32 Å². The van der Waals surface area contributed by atoms with Gasteiger partial charge in [-0.15, -0.1) is 0 Å². The summed E-state index contributed by atoms with van der Waals surface area (Å²) in [4.78, 5) is 0. The van der Waals surface area contributed by atoms with E-state index in [1.165, 1.54) is 45.1 Å². The molecule has 3 aliphatic carbocycles. The summed E-state index contributed by atoms with van der Waals surface area (Å²) in [5, 5.41) is 3.85. The Balaban J connectivity index is 1.51. The molecule has 2 atom stereocenters. The Morgan fingerprint density at radius 3 is 2.53 bits per heavy atom. The molecule has 0 aromatic heterocycles. The van der Waals surface area contributed by atoms with Crippen molar-refractivity contribution in [3.63, 3.8) is 0 Å². The predicted molar refractivity (Wildman–Crippen MR) is 73.6 cm³/mol. The van der Waals surface area contributed by atoms with E-state index < -0.39 is 0 Å². The summed E-state index contributed by atoms with van der Waals surface area (Å²) in [6, 6.07) is 0.748. The van der Waals surface area contributed by atoms with Crippen molar-refractivity contribution in [3.05, 3.63) is 0 Å². The van der Waals surface area contributed by atoms with Crippen LogP contribution in [0.3, 0.4) is 0 Å². The van der Waals surface area contributed by atoms with Crippen LogP contribution in [0.25, 0.3) is 0 Å². The van der Waals surface area contributed by atoms with Crippen LogP contribution in [0.4, 0.5) is 0 Å². The fourth-order valence-electron chi connectivity index (χ4n) is 3.63. The first-order chi connectivity index (χ1) is 8.25. The van der Waals surface area contributed by atoms with E-state index in [9.17, 15) is 0 Å². The average molecular weight is 255 g/mol. The molecular formula is C14H25NOS. The van der Waals surface area contributed by atoms with Crippen molar-refractivity contribution in [2.75, 3.05) is 19.4 Å². The summed E-state index contributed by atoms with van der Waals surface area (Å²) in [5.74, 6) is 0. The van der Waals surface area contributed by atoms with E-state index in [-0.39, 0.29) is 0 Å². The van der Waals surface area contributed by atoms with Crippen LogP contribution in [-0.4, -0.2) is 36.3 Å². The van der Waals surface area contributed by atoms with Gasteiger partial charge in [0.1, 0.15) is 0 Å². The highest BCUT2D eigenvalue weighted by atomic mass is 32.2. The highest BCUT2D eigenvalue weighted by Crippen LogP contribution is 2.57. The minimum Gasteiger partial charge on any atom is -0.378 e. The van der Waals surface area contributed by atoms with Gasteiger partial charge in [-0.25, -0.2) is 0 Å². The van der Waals surface area contributed by atoms with Gasteiger partial charge in [0.2, 0.25) is 0 Å². The molecule has 98 valence electrons. The zero-order chi connectivity index (χ0) is 11.9. The molecule has 3 aliphatic rings. The molecule has 0 saturated heterocycles. The second-order valence-electron chi connectivity index (χ2n) is 6.09. The molecule has 17 heavy (non-hydrogen) atoms. The first kappa shape index (κ1) is 12.3. The van der Waals surface area contributed by atoms with Crippen LogP contribution >= 0.6 is 11.8 Å². The lowest BCUT2D eigenvalue weighted by Crippen LogP contribution is -2.67. The molecule has 0 aliphatic heterocycles. The second kappa shape index (κ2) is 4.43. The first-order valence-electron chi connectivity index (χ1n) is 7.15. The summed E-state index contributed by atoms with van der Waals surface area (Å²) in [6.07, 6.45) is 11.1. The second-order valence-corrected chi connectivity index (χ2v) is 7.36. The summed E-state index contributed by atoms with van der Waals surface area (Å²) in [6.45, 7) is 4.23. The largest absolute Gasteiger partial charge is 0.378 e. The van der Waals surface area contributed by atoms with Gasteiger partial charge in [-0.05, 0) is 45.3 Å². The lowest BCUT2D eigenvalue weighted by atomic mass is 9.51. The fraction of sp³-hybridized carbons (Fsp3) is 1.00. The maximum absolute atomic E-state index is 5.89. The molecule has 3 rings (SSSR count). The summed E-state index contributed by atoms with van der Waals surface area (Å²) < 4.78 is 6.49. The third-order valence-electron chi connectivity index (χ3n) is 5.35. The Labute approximate surface area is 109 Å². The molecule has 3 heteroatoms. The SMILES string of the molecule is CCOC1CC(NCC2(SC)CC2)C12CCC2. The van der Waals surface area contributed by atoms with E-state index in [2.05, 4.69) is 30.3 Å². The molecule has 2 unspecified atom stereocenters. The van der Waals surface area contributed by atoms with Crippen LogP contribution in [0.15, 0.2) is 0 Å². The zero-order valence-corrected chi connectivity index (χ0v) is 11.9. The van der Waals surface area contributed by atoms with Crippen LogP contribution in [0.1, 0.15) is 45.4 Å². The first-order valence-corrected chi connectivity index (χ1v) is 8.37. The zero-order valence-electron chi connectivity index (χ0n) is 11.1. The van der Waals surface area contributed by atoms with Crippen molar-refractivity contribution in [2.45, 2.75) is 62.3 Å². The number of hydrogen-bond acceptors (Lipinski definition) is 3. The third-order valence-corrected chi connectivity index (χ3v) is 6.77. The minimum atomic E-state index is 0.532. The van der Waals surface area contributed by atoms with Crippen molar-refractivity contribution < 1.29 is 4.74 Å². The number of thioether (sulfide) groups is 1. The number of hydrogen-bond donors (Lipinski definition) is 1. The van der Waals surface area contributed by atoms with Gasteiger partial charge in [0.15, 0.2) is 0 Å². The van der Waals surface area contributed by atoms with E-state index in [1.807, 2.05) is 0 Å². The minimum absolute atomic E-state index is 0.532. The Bertz CT molecular complexity index is 286. The van der Waals surface area contributed by atoms with E-state index in [0.717, 1.165) is 12.6 Å². The van der Waals surface area contributed by atoms with Gasteiger partial charge < -0.3 is 10.1 Å². The molecule has 1 N–H and O–H groups in total. The van der Waals surface area contributed by atoms with Crippen LogP contribution in [0, 0.1) is 5.41 Å². The molecule has 3 saturated carbocycles. The van der Waals surface area contributed by atoms with Gasteiger partial charge >= 0.3 is 0 Å². The van der Waals surface area contributed by atoms with Crippen LogP contribution in [0.5, 0.6) is 0 Å². The van der Waals surface area contributed by atoms with Crippen molar-refractivity contribution in [3.8, 4) is 0 Å². The van der Waals surface area contributed by atoms with Crippen LogP contribution in [-0.2, 0) is 4.74 Å².